The zero-order chi connectivity index (χ0) is 15.6. The van der Waals surface area contributed by atoms with E-state index in [1.54, 1.807) is 29.3 Å². The highest BCUT2D eigenvalue weighted by Crippen LogP contribution is 2.34. The van der Waals surface area contributed by atoms with Gasteiger partial charge in [-0.05, 0) is 6.07 Å². The van der Waals surface area contributed by atoms with Gasteiger partial charge in [-0.1, -0.05) is 11.8 Å². The maximum absolute atomic E-state index is 9.32. The molecule has 0 aliphatic rings. The average Bonchev–Trinajstić information content (AvgIpc) is 3.25. The van der Waals surface area contributed by atoms with E-state index in [4.69, 9.17) is 0 Å². The Labute approximate surface area is 135 Å². The highest BCUT2D eigenvalue weighted by Gasteiger charge is 2.13. The van der Waals surface area contributed by atoms with Crippen molar-refractivity contribution < 1.29 is 0 Å². The second-order valence-corrected chi connectivity index (χ2v) is 5.83. The number of pyridine rings is 1. The maximum Gasteiger partial charge on any atom is 0.115 e. The van der Waals surface area contributed by atoms with Crippen molar-refractivity contribution in [1.29, 1.82) is 5.26 Å². The van der Waals surface area contributed by atoms with Crippen LogP contribution < -0.4 is 0 Å². The van der Waals surface area contributed by atoms with Gasteiger partial charge >= 0.3 is 0 Å². The van der Waals surface area contributed by atoms with Crippen molar-refractivity contribution in [1.82, 2.24) is 29.8 Å². The number of rotatable bonds is 3. The first kappa shape index (κ1) is 13.5. The molecule has 4 rings (SSSR count). The lowest BCUT2D eigenvalue weighted by Crippen LogP contribution is -1.92. The quantitative estimate of drug-likeness (QED) is 0.623. The third-order valence-corrected chi connectivity index (χ3v) is 4.27. The Bertz CT molecular complexity index is 1000. The topological polar surface area (TPSA) is 95.6 Å². The minimum absolute atomic E-state index is 0.531. The molecular formula is C15H9N7S. The summed E-state index contributed by atoms with van der Waals surface area (Å²) in [5, 5.41) is 20.4. The van der Waals surface area contributed by atoms with Gasteiger partial charge < -0.3 is 0 Å². The molecule has 0 bridgehead atoms. The molecule has 7 nitrogen and oxygen atoms in total. The number of nitriles is 1. The van der Waals surface area contributed by atoms with Gasteiger partial charge in [-0.2, -0.15) is 15.5 Å². The largest absolute Gasteiger partial charge is 0.285 e. The van der Waals surface area contributed by atoms with E-state index in [0.717, 1.165) is 26.4 Å². The smallest absolute Gasteiger partial charge is 0.115 e. The van der Waals surface area contributed by atoms with Gasteiger partial charge in [0.05, 0.1) is 23.5 Å². The molecule has 0 amide bonds. The van der Waals surface area contributed by atoms with Crippen molar-refractivity contribution >= 4 is 17.3 Å². The Morgan fingerprint density at radius 3 is 2.74 bits per heavy atom. The third-order valence-electron chi connectivity index (χ3n) is 3.29. The van der Waals surface area contributed by atoms with Crippen molar-refractivity contribution in [3.63, 3.8) is 0 Å². The minimum atomic E-state index is 0.531. The van der Waals surface area contributed by atoms with E-state index >= 15 is 0 Å². The van der Waals surface area contributed by atoms with Crippen molar-refractivity contribution in [2.45, 2.75) is 9.79 Å². The van der Waals surface area contributed by atoms with Crippen LogP contribution >= 0.6 is 11.8 Å². The van der Waals surface area contributed by atoms with Crippen LogP contribution in [0, 0.1) is 11.3 Å². The molecule has 0 unspecified atom stereocenters. The van der Waals surface area contributed by atoms with Gasteiger partial charge in [0.2, 0.25) is 0 Å². The monoisotopic (exact) mass is 319 g/mol. The van der Waals surface area contributed by atoms with E-state index in [0.29, 0.717) is 5.56 Å². The van der Waals surface area contributed by atoms with Gasteiger partial charge in [0, 0.05) is 45.7 Å². The molecule has 8 heteroatoms. The zero-order valence-electron chi connectivity index (χ0n) is 11.7. The van der Waals surface area contributed by atoms with E-state index in [1.165, 1.54) is 18.1 Å². The molecule has 0 radical (unpaired) electrons. The van der Waals surface area contributed by atoms with Crippen molar-refractivity contribution in [2.75, 3.05) is 0 Å². The van der Waals surface area contributed by atoms with E-state index in [-0.39, 0.29) is 0 Å². The first-order valence-corrected chi connectivity index (χ1v) is 7.50. The van der Waals surface area contributed by atoms with Gasteiger partial charge in [-0.15, -0.1) is 0 Å². The summed E-state index contributed by atoms with van der Waals surface area (Å²) < 4.78 is 1.72. The first-order chi connectivity index (χ1) is 11.3. The molecule has 0 saturated heterocycles. The Morgan fingerprint density at radius 2 is 2.00 bits per heavy atom. The molecular weight excluding hydrogens is 310 g/mol. The molecule has 4 heterocycles. The minimum Gasteiger partial charge on any atom is -0.285 e. The number of H-pyrrole nitrogens is 1. The summed E-state index contributed by atoms with van der Waals surface area (Å²) >= 11 is 1.50. The van der Waals surface area contributed by atoms with Gasteiger partial charge in [-0.25, -0.2) is 14.5 Å². The van der Waals surface area contributed by atoms with Crippen molar-refractivity contribution in [3.05, 3.63) is 55.1 Å². The van der Waals surface area contributed by atoms with Crippen LogP contribution in [-0.2, 0) is 0 Å². The predicted octanol–water partition coefficient (Wildman–Crippen LogP) is 2.54. The average molecular weight is 319 g/mol. The molecule has 110 valence electrons. The van der Waals surface area contributed by atoms with Crippen molar-refractivity contribution in [2.24, 2.45) is 0 Å². The molecule has 0 saturated carbocycles. The standard InChI is InChI=1S/C15H9N7S/c16-2-11-5-21-22-8-10(12-3-19-20-4-12)1-14(15(11)22)23-13-6-17-9-18-7-13/h1,3-9H,(H,19,20). The van der Waals surface area contributed by atoms with E-state index in [9.17, 15) is 5.26 Å². The number of fused-ring (bicyclic) bond motifs is 1. The van der Waals surface area contributed by atoms with Crippen LogP contribution in [-0.4, -0.2) is 29.8 Å². The van der Waals surface area contributed by atoms with Gasteiger partial charge in [-0.3, -0.25) is 5.10 Å². The summed E-state index contributed by atoms with van der Waals surface area (Å²) in [4.78, 5) is 9.86. The third kappa shape index (κ3) is 2.43. The lowest BCUT2D eigenvalue weighted by molar-refractivity contribution is 0.951. The molecule has 0 aliphatic heterocycles. The predicted molar refractivity (Wildman–Crippen MR) is 83.6 cm³/mol. The Morgan fingerprint density at radius 1 is 1.13 bits per heavy atom. The first-order valence-electron chi connectivity index (χ1n) is 6.68. The summed E-state index contributed by atoms with van der Waals surface area (Å²) in [6, 6.07) is 4.20. The highest BCUT2D eigenvalue weighted by molar-refractivity contribution is 7.99. The zero-order valence-corrected chi connectivity index (χ0v) is 12.5. The van der Waals surface area contributed by atoms with Gasteiger partial charge in [0.15, 0.2) is 0 Å². The van der Waals surface area contributed by atoms with Crippen LogP contribution in [0.2, 0.25) is 0 Å². The lowest BCUT2D eigenvalue weighted by atomic mass is 10.1. The second-order valence-electron chi connectivity index (χ2n) is 4.72. The molecule has 0 spiro atoms. The molecule has 0 fully saturated rings. The normalized spacial score (nSPS) is 10.7. The van der Waals surface area contributed by atoms with Crippen LogP contribution in [0.1, 0.15) is 5.56 Å². The summed E-state index contributed by atoms with van der Waals surface area (Å²) in [5.74, 6) is 0. The number of hydrogen-bond acceptors (Lipinski definition) is 6. The Hall–Kier alpha value is -3.18. The van der Waals surface area contributed by atoms with Crippen LogP contribution in [0.3, 0.4) is 0 Å². The summed E-state index contributed by atoms with van der Waals surface area (Å²) in [5.41, 5.74) is 3.21. The maximum atomic E-state index is 9.32. The number of nitrogens with one attached hydrogen (secondary N) is 1. The fraction of sp³-hybridized carbons (Fsp3) is 0. The Balaban J connectivity index is 1.92. The molecule has 0 aliphatic carbocycles. The van der Waals surface area contributed by atoms with Crippen LogP contribution in [0.15, 0.2) is 59.4 Å². The fourth-order valence-corrected chi connectivity index (χ4v) is 3.24. The van der Waals surface area contributed by atoms with Gasteiger partial charge in [0.1, 0.15) is 12.4 Å². The highest BCUT2D eigenvalue weighted by atomic mass is 32.2. The number of nitrogens with zero attached hydrogens (tertiary/aromatic N) is 6. The van der Waals surface area contributed by atoms with Crippen LogP contribution in [0.25, 0.3) is 16.6 Å². The molecule has 23 heavy (non-hydrogen) atoms. The number of hydrogen-bond donors (Lipinski definition) is 1. The molecule has 4 aromatic heterocycles. The van der Waals surface area contributed by atoms with E-state index < -0.39 is 0 Å². The molecule has 0 atom stereocenters. The second kappa shape index (κ2) is 5.55. The summed E-state index contributed by atoms with van der Waals surface area (Å²) in [7, 11) is 0. The lowest BCUT2D eigenvalue weighted by Gasteiger charge is -2.07. The molecule has 1 N–H and O–H groups in total. The van der Waals surface area contributed by atoms with Crippen LogP contribution in [0.4, 0.5) is 0 Å². The summed E-state index contributed by atoms with van der Waals surface area (Å²) in [6.07, 6.45) is 12.0. The molecule has 4 aromatic rings. The van der Waals surface area contributed by atoms with Crippen LogP contribution in [0.5, 0.6) is 0 Å². The number of aromatic nitrogens is 6. The van der Waals surface area contributed by atoms with E-state index in [2.05, 4.69) is 31.3 Å². The van der Waals surface area contributed by atoms with Gasteiger partial charge in [0.25, 0.3) is 0 Å². The summed E-state index contributed by atoms with van der Waals surface area (Å²) in [6.45, 7) is 0. The van der Waals surface area contributed by atoms with E-state index in [1.807, 2.05) is 18.5 Å². The number of aromatic amines is 1. The fourth-order valence-electron chi connectivity index (χ4n) is 2.28. The molecule has 0 aromatic carbocycles. The van der Waals surface area contributed by atoms with Crippen molar-refractivity contribution in [3.8, 4) is 17.2 Å². The Kier molecular flexibility index (Phi) is 3.25. The SMILES string of the molecule is N#Cc1cnn2cc(-c3cn[nH]c3)cc(Sc3cncnc3)c12.